The number of morpholine rings is 1. The molecule has 0 N–H and O–H groups in total. The summed E-state index contributed by atoms with van der Waals surface area (Å²) in [4.78, 5) is 29.2. The van der Waals surface area contributed by atoms with Crippen molar-refractivity contribution < 1.29 is 23.8 Å². The van der Waals surface area contributed by atoms with Crippen LogP contribution in [0.5, 0.6) is 5.75 Å². The van der Waals surface area contributed by atoms with E-state index in [4.69, 9.17) is 14.2 Å². The molecule has 2 amide bonds. The summed E-state index contributed by atoms with van der Waals surface area (Å²) < 4.78 is 17.0. The Morgan fingerprint density at radius 2 is 2.03 bits per heavy atom. The van der Waals surface area contributed by atoms with E-state index in [-0.39, 0.29) is 12.5 Å². The summed E-state index contributed by atoms with van der Waals surface area (Å²) in [7, 11) is 0. The average molecular weight is 433 g/mol. The second kappa shape index (κ2) is 9.90. The molecule has 2 aliphatic heterocycles. The van der Waals surface area contributed by atoms with Gasteiger partial charge in [-0.1, -0.05) is 26.0 Å². The smallest absolute Gasteiger partial charge is 0.410 e. The van der Waals surface area contributed by atoms with Gasteiger partial charge in [0.15, 0.2) is 6.10 Å². The Bertz CT molecular complexity index is 787. The van der Waals surface area contributed by atoms with Crippen LogP contribution in [0.15, 0.2) is 18.2 Å². The Kier molecular flexibility index (Phi) is 7.46. The summed E-state index contributed by atoms with van der Waals surface area (Å²) in [6.45, 7) is 12.5. The fourth-order valence-corrected chi connectivity index (χ4v) is 3.87. The third-order valence-electron chi connectivity index (χ3n) is 5.24. The minimum Gasteiger partial charge on any atom is -0.493 e. The van der Waals surface area contributed by atoms with Gasteiger partial charge >= 0.3 is 6.09 Å². The zero-order valence-electron chi connectivity index (χ0n) is 19.5. The number of ether oxygens (including phenoxy) is 3. The van der Waals surface area contributed by atoms with Crippen LogP contribution in [0, 0.1) is 5.92 Å². The van der Waals surface area contributed by atoms with Gasteiger partial charge in [-0.25, -0.2) is 4.79 Å². The quantitative estimate of drug-likeness (QED) is 0.711. The number of rotatable bonds is 5. The van der Waals surface area contributed by atoms with Gasteiger partial charge in [-0.15, -0.1) is 0 Å². The van der Waals surface area contributed by atoms with E-state index in [0.29, 0.717) is 32.2 Å². The Balaban J connectivity index is 1.69. The van der Waals surface area contributed by atoms with Gasteiger partial charge in [-0.3, -0.25) is 4.79 Å². The normalized spacial score (nSPS) is 18.9. The molecule has 2 heterocycles. The van der Waals surface area contributed by atoms with E-state index in [0.717, 1.165) is 30.8 Å². The highest BCUT2D eigenvalue weighted by Gasteiger charge is 2.34. The number of hydrogen-bond donors (Lipinski definition) is 0. The first-order chi connectivity index (χ1) is 14.6. The highest BCUT2D eigenvalue weighted by Crippen LogP contribution is 2.27. The molecule has 1 atom stereocenters. The lowest BCUT2D eigenvalue weighted by atomic mass is 10.0. The molecule has 7 nitrogen and oxygen atoms in total. The van der Waals surface area contributed by atoms with Gasteiger partial charge in [0.05, 0.1) is 19.8 Å². The first-order valence-electron chi connectivity index (χ1n) is 11.3. The van der Waals surface area contributed by atoms with E-state index in [9.17, 15) is 9.59 Å². The van der Waals surface area contributed by atoms with Crippen molar-refractivity contribution in [3.8, 4) is 5.75 Å². The van der Waals surface area contributed by atoms with Crippen LogP contribution in [-0.4, -0.2) is 66.4 Å². The highest BCUT2D eigenvalue weighted by molar-refractivity contribution is 5.82. The van der Waals surface area contributed by atoms with Crippen molar-refractivity contribution in [2.75, 3.05) is 32.8 Å². The van der Waals surface area contributed by atoms with Gasteiger partial charge in [0.25, 0.3) is 5.91 Å². The molecule has 0 bridgehead atoms. The van der Waals surface area contributed by atoms with Crippen LogP contribution < -0.4 is 4.74 Å². The van der Waals surface area contributed by atoms with Gasteiger partial charge < -0.3 is 24.0 Å². The van der Waals surface area contributed by atoms with Crippen LogP contribution in [0.4, 0.5) is 4.79 Å². The molecular weight excluding hydrogens is 396 g/mol. The van der Waals surface area contributed by atoms with Gasteiger partial charge in [0.2, 0.25) is 0 Å². The van der Waals surface area contributed by atoms with E-state index in [1.807, 2.05) is 31.7 Å². The number of nitrogens with zero attached hydrogens (tertiary/aromatic N) is 2. The van der Waals surface area contributed by atoms with Crippen molar-refractivity contribution in [2.24, 2.45) is 5.92 Å². The fourth-order valence-electron chi connectivity index (χ4n) is 3.87. The van der Waals surface area contributed by atoms with E-state index >= 15 is 0 Å². The van der Waals surface area contributed by atoms with Gasteiger partial charge in [-0.05, 0) is 56.7 Å². The maximum absolute atomic E-state index is 13.4. The summed E-state index contributed by atoms with van der Waals surface area (Å²) >= 11 is 0. The predicted molar refractivity (Wildman–Crippen MR) is 118 cm³/mol. The Hall–Kier alpha value is -2.28. The second-order valence-corrected chi connectivity index (χ2v) is 9.79. The first kappa shape index (κ1) is 23.4. The molecule has 2 aliphatic rings. The minimum absolute atomic E-state index is 0.0967. The van der Waals surface area contributed by atoms with Crippen molar-refractivity contribution in [1.82, 2.24) is 9.80 Å². The zero-order valence-corrected chi connectivity index (χ0v) is 19.5. The third-order valence-corrected chi connectivity index (χ3v) is 5.24. The van der Waals surface area contributed by atoms with Gasteiger partial charge in [-0.2, -0.15) is 0 Å². The van der Waals surface area contributed by atoms with Crippen LogP contribution in [0.3, 0.4) is 0 Å². The molecule has 0 aliphatic carbocycles. The van der Waals surface area contributed by atoms with Crippen molar-refractivity contribution >= 4 is 12.0 Å². The predicted octanol–water partition coefficient (Wildman–Crippen LogP) is 3.63. The van der Waals surface area contributed by atoms with E-state index < -0.39 is 17.8 Å². The second-order valence-electron chi connectivity index (χ2n) is 9.79. The molecule has 0 saturated carbocycles. The van der Waals surface area contributed by atoms with Crippen LogP contribution in [0.1, 0.15) is 52.2 Å². The van der Waals surface area contributed by atoms with Crippen LogP contribution in [0.25, 0.3) is 0 Å². The molecule has 1 saturated heterocycles. The number of benzene rings is 1. The number of amides is 2. The average Bonchev–Trinajstić information content (AvgIpc) is 2.71. The topological polar surface area (TPSA) is 68.3 Å². The van der Waals surface area contributed by atoms with Crippen LogP contribution >= 0.6 is 0 Å². The molecule has 1 aromatic rings. The van der Waals surface area contributed by atoms with Crippen LogP contribution in [0.2, 0.25) is 0 Å². The molecule has 1 aromatic carbocycles. The van der Waals surface area contributed by atoms with Crippen molar-refractivity contribution in [3.63, 3.8) is 0 Å². The Morgan fingerprint density at radius 3 is 2.74 bits per heavy atom. The summed E-state index contributed by atoms with van der Waals surface area (Å²) in [6.07, 6.45) is 0.975. The molecule has 3 rings (SSSR count). The lowest BCUT2D eigenvalue weighted by Gasteiger charge is -2.36. The molecule has 7 heteroatoms. The summed E-state index contributed by atoms with van der Waals surface area (Å²) in [6, 6.07) is 6.22. The maximum atomic E-state index is 13.4. The number of carbonyl (C=O) groups excluding carboxylic acids is 2. The first-order valence-corrected chi connectivity index (χ1v) is 11.3. The number of hydrogen-bond acceptors (Lipinski definition) is 5. The van der Waals surface area contributed by atoms with Crippen LogP contribution in [-0.2, 0) is 27.2 Å². The third kappa shape index (κ3) is 6.60. The highest BCUT2D eigenvalue weighted by atomic mass is 16.6. The van der Waals surface area contributed by atoms with Gasteiger partial charge in [0, 0.05) is 19.6 Å². The van der Waals surface area contributed by atoms with E-state index in [1.54, 1.807) is 4.90 Å². The van der Waals surface area contributed by atoms with Gasteiger partial charge in [0.1, 0.15) is 11.4 Å². The Morgan fingerprint density at radius 1 is 1.26 bits per heavy atom. The molecular formula is C24H36N2O5. The molecule has 172 valence electrons. The SMILES string of the molecule is CC(C)CN(Cc1ccc2c(c1)OCCC2)C(=O)C1CN(C(=O)OC(C)(C)C)CCO1. The monoisotopic (exact) mass is 432 g/mol. The number of carbonyl (C=O) groups is 2. The Labute approximate surface area is 185 Å². The molecule has 1 unspecified atom stereocenters. The lowest BCUT2D eigenvalue weighted by molar-refractivity contribution is -0.150. The minimum atomic E-state index is -0.686. The molecule has 0 radical (unpaired) electrons. The molecule has 1 fully saturated rings. The summed E-state index contributed by atoms with van der Waals surface area (Å²) in [5, 5.41) is 0. The lowest BCUT2D eigenvalue weighted by Crippen LogP contribution is -2.53. The number of aryl methyl sites for hydroxylation is 1. The molecule has 0 spiro atoms. The number of fused-ring (bicyclic) bond motifs is 1. The summed E-state index contributed by atoms with van der Waals surface area (Å²) in [5.74, 6) is 1.13. The van der Waals surface area contributed by atoms with Crippen molar-refractivity contribution in [2.45, 2.75) is 65.7 Å². The standard InChI is InChI=1S/C24H36N2O5/c1-17(2)14-26(15-18-8-9-19-7-6-11-29-20(19)13-18)22(27)21-16-25(10-12-30-21)23(28)31-24(3,4)5/h8-9,13,17,21H,6-7,10-12,14-16H2,1-5H3. The van der Waals surface area contributed by atoms with E-state index in [2.05, 4.69) is 26.0 Å². The summed E-state index contributed by atoms with van der Waals surface area (Å²) in [5.41, 5.74) is 1.68. The maximum Gasteiger partial charge on any atom is 0.410 e. The van der Waals surface area contributed by atoms with Crippen molar-refractivity contribution in [1.29, 1.82) is 0 Å². The largest absolute Gasteiger partial charge is 0.493 e. The molecule has 31 heavy (non-hydrogen) atoms. The zero-order chi connectivity index (χ0) is 22.6. The van der Waals surface area contributed by atoms with Crippen molar-refractivity contribution in [3.05, 3.63) is 29.3 Å². The fraction of sp³-hybridized carbons (Fsp3) is 0.667. The van der Waals surface area contributed by atoms with E-state index in [1.165, 1.54) is 5.56 Å². The molecule has 0 aromatic heterocycles.